The molecule has 98 valence electrons. The van der Waals surface area contributed by atoms with Crippen molar-refractivity contribution in [2.45, 2.75) is 0 Å². The Kier molecular flexibility index (Phi) is 4.03. The maximum Gasteiger partial charge on any atom is 0.249 e. The fourth-order valence-electron chi connectivity index (χ4n) is 1.28. The van der Waals surface area contributed by atoms with E-state index in [-0.39, 0.29) is 17.4 Å². The van der Waals surface area contributed by atoms with Gasteiger partial charge in [0.15, 0.2) is 11.5 Å². The van der Waals surface area contributed by atoms with E-state index in [2.05, 4.69) is 15.1 Å². The van der Waals surface area contributed by atoms with Crippen molar-refractivity contribution < 1.29 is 9.94 Å². The van der Waals surface area contributed by atoms with Crippen LogP contribution in [0.15, 0.2) is 35.7 Å². The number of oxime groups is 1. The zero-order chi connectivity index (χ0) is 13.8. The van der Waals surface area contributed by atoms with Crippen LogP contribution in [-0.4, -0.2) is 21.0 Å². The molecule has 6 nitrogen and oxygen atoms in total. The van der Waals surface area contributed by atoms with Crippen LogP contribution in [-0.2, 0) is 0 Å². The second kappa shape index (κ2) is 5.73. The molecule has 0 unspecified atom stereocenters. The summed E-state index contributed by atoms with van der Waals surface area (Å²) < 4.78 is 5.48. The Morgan fingerprint density at radius 2 is 2.00 bits per heavy atom. The first-order chi connectivity index (χ1) is 9.11. The molecular weight excluding hydrogens is 291 g/mol. The number of nitrogens with zero attached hydrogens (tertiary/aromatic N) is 3. The summed E-state index contributed by atoms with van der Waals surface area (Å²) in [5, 5.41) is 12.3. The minimum absolute atomic E-state index is 0.0574. The quantitative estimate of drug-likeness (QED) is 0.393. The van der Waals surface area contributed by atoms with Crippen LogP contribution in [0.1, 0.15) is 5.69 Å². The van der Waals surface area contributed by atoms with Gasteiger partial charge in [0.05, 0.1) is 5.02 Å². The monoisotopic (exact) mass is 298 g/mol. The topological polar surface area (TPSA) is 93.6 Å². The second-order valence-corrected chi connectivity index (χ2v) is 4.22. The van der Waals surface area contributed by atoms with Crippen LogP contribution in [0.25, 0.3) is 0 Å². The third kappa shape index (κ3) is 3.04. The molecule has 0 aliphatic rings. The molecule has 2 rings (SSSR count). The largest absolute Gasteiger partial charge is 0.435 e. The normalized spacial score (nSPS) is 11.4. The summed E-state index contributed by atoms with van der Waals surface area (Å²) >= 11 is 11.8. The van der Waals surface area contributed by atoms with Crippen molar-refractivity contribution in [2.24, 2.45) is 10.9 Å². The van der Waals surface area contributed by atoms with E-state index in [1.807, 2.05) is 0 Å². The number of nitrogens with two attached hydrogens (primary N) is 1. The third-order valence-corrected chi connectivity index (χ3v) is 2.66. The zero-order valence-electron chi connectivity index (χ0n) is 9.42. The molecular formula is C11H8Cl2N4O2. The molecule has 0 spiro atoms. The number of aromatic nitrogens is 2. The van der Waals surface area contributed by atoms with Crippen molar-refractivity contribution >= 4 is 29.0 Å². The number of amidine groups is 1. The van der Waals surface area contributed by atoms with Gasteiger partial charge in [0.25, 0.3) is 0 Å². The molecule has 0 aliphatic carbocycles. The van der Waals surface area contributed by atoms with Crippen LogP contribution >= 0.6 is 23.2 Å². The maximum atomic E-state index is 8.67. The van der Waals surface area contributed by atoms with Crippen LogP contribution in [0, 0.1) is 0 Å². The van der Waals surface area contributed by atoms with Gasteiger partial charge in [0.2, 0.25) is 5.88 Å². The Morgan fingerprint density at radius 3 is 2.74 bits per heavy atom. The van der Waals surface area contributed by atoms with Gasteiger partial charge < -0.3 is 15.7 Å². The van der Waals surface area contributed by atoms with Crippen molar-refractivity contribution in [1.29, 1.82) is 0 Å². The molecule has 0 saturated heterocycles. The summed E-state index contributed by atoms with van der Waals surface area (Å²) in [5.41, 5.74) is 5.57. The lowest BCUT2D eigenvalue weighted by Gasteiger charge is -2.09. The fraction of sp³-hybridized carbons (Fsp3) is 0. The first-order valence-electron chi connectivity index (χ1n) is 5.03. The first kappa shape index (κ1) is 13.4. The van der Waals surface area contributed by atoms with Crippen molar-refractivity contribution in [3.63, 3.8) is 0 Å². The molecule has 3 N–H and O–H groups in total. The average Bonchev–Trinajstić information content (AvgIpc) is 2.42. The molecule has 0 radical (unpaired) electrons. The maximum absolute atomic E-state index is 8.67. The minimum atomic E-state index is -0.221. The van der Waals surface area contributed by atoms with Gasteiger partial charge in [-0.1, -0.05) is 28.4 Å². The lowest BCUT2D eigenvalue weighted by atomic mass is 10.3. The van der Waals surface area contributed by atoms with E-state index in [4.69, 9.17) is 38.9 Å². The number of hydrogen-bond donors (Lipinski definition) is 2. The SMILES string of the molecule is NC(=NO)c1nccnc1Oc1cc(Cl)ccc1Cl. The van der Waals surface area contributed by atoms with Gasteiger partial charge in [-0.05, 0) is 12.1 Å². The molecule has 0 amide bonds. The van der Waals surface area contributed by atoms with Crippen LogP contribution < -0.4 is 10.5 Å². The van der Waals surface area contributed by atoms with Crippen LogP contribution in [0.4, 0.5) is 0 Å². The highest BCUT2D eigenvalue weighted by atomic mass is 35.5. The summed E-state index contributed by atoms with van der Waals surface area (Å²) in [6.45, 7) is 0. The first-order valence-corrected chi connectivity index (χ1v) is 5.79. The summed E-state index contributed by atoms with van der Waals surface area (Å²) in [6.07, 6.45) is 2.79. The minimum Gasteiger partial charge on any atom is -0.435 e. The smallest absolute Gasteiger partial charge is 0.249 e. The van der Waals surface area contributed by atoms with Crippen molar-refractivity contribution in [1.82, 2.24) is 9.97 Å². The van der Waals surface area contributed by atoms with Gasteiger partial charge in [0, 0.05) is 23.5 Å². The molecule has 19 heavy (non-hydrogen) atoms. The Hall–Kier alpha value is -2.05. The van der Waals surface area contributed by atoms with E-state index in [9.17, 15) is 0 Å². The van der Waals surface area contributed by atoms with Crippen LogP contribution in [0.2, 0.25) is 10.0 Å². The molecule has 0 saturated carbocycles. The predicted octanol–water partition coefficient (Wildman–Crippen LogP) is 2.67. The zero-order valence-corrected chi connectivity index (χ0v) is 10.9. The van der Waals surface area contributed by atoms with Gasteiger partial charge in [-0.3, -0.25) is 0 Å². The molecule has 0 bridgehead atoms. The molecule has 1 aromatic carbocycles. The standard InChI is InChI=1S/C11H8Cl2N4O2/c12-6-1-2-7(13)8(5-6)19-11-9(10(14)17-18)15-3-4-16-11/h1-5,18H,(H2,14,17). The fourth-order valence-corrected chi connectivity index (χ4v) is 1.60. The van der Waals surface area contributed by atoms with Crippen LogP contribution in [0.5, 0.6) is 11.6 Å². The highest BCUT2D eigenvalue weighted by Gasteiger charge is 2.14. The summed E-state index contributed by atoms with van der Waals surface area (Å²) in [5.74, 6) is 0.130. The number of rotatable bonds is 3. The molecule has 0 fully saturated rings. The molecule has 2 aromatic rings. The summed E-state index contributed by atoms with van der Waals surface area (Å²) in [6, 6.07) is 4.73. The number of halogens is 2. The van der Waals surface area contributed by atoms with Crippen LogP contribution in [0.3, 0.4) is 0 Å². The molecule has 1 aromatic heterocycles. The molecule has 0 aliphatic heterocycles. The van der Waals surface area contributed by atoms with Gasteiger partial charge in [-0.2, -0.15) is 0 Å². The number of benzene rings is 1. The Balaban J connectivity index is 2.41. The van der Waals surface area contributed by atoms with E-state index in [1.165, 1.54) is 18.5 Å². The van der Waals surface area contributed by atoms with Gasteiger partial charge in [-0.15, -0.1) is 0 Å². The second-order valence-electron chi connectivity index (χ2n) is 3.37. The lowest BCUT2D eigenvalue weighted by Crippen LogP contribution is -2.16. The Morgan fingerprint density at radius 1 is 1.26 bits per heavy atom. The van der Waals surface area contributed by atoms with Crippen molar-refractivity contribution in [2.75, 3.05) is 0 Å². The number of ether oxygens (including phenoxy) is 1. The highest BCUT2D eigenvalue weighted by Crippen LogP contribution is 2.31. The Bertz CT molecular complexity index is 634. The van der Waals surface area contributed by atoms with E-state index in [0.717, 1.165) is 0 Å². The lowest BCUT2D eigenvalue weighted by molar-refractivity contribution is 0.318. The van der Waals surface area contributed by atoms with Gasteiger partial charge in [-0.25, -0.2) is 9.97 Å². The van der Waals surface area contributed by atoms with Crippen molar-refractivity contribution in [3.8, 4) is 11.6 Å². The van der Waals surface area contributed by atoms with E-state index in [0.29, 0.717) is 15.8 Å². The van der Waals surface area contributed by atoms with Crippen molar-refractivity contribution in [3.05, 3.63) is 46.3 Å². The van der Waals surface area contributed by atoms with E-state index in [1.54, 1.807) is 12.1 Å². The predicted molar refractivity (Wildman–Crippen MR) is 71.1 cm³/mol. The summed E-state index contributed by atoms with van der Waals surface area (Å²) in [7, 11) is 0. The average molecular weight is 299 g/mol. The molecule has 1 heterocycles. The molecule has 0 atom stereocenters. The van der Waals surface area contributed by atoms with Gasteiger partial charge >= 0.3 is 0 Å². The molecule has 8 heteroatoms. The van der Waals surface area contributed by atoms with E-state index >= 15 is 0 Å². The Labute approximate surface area is 118 Å². The van der Waals surface area contributed by atoms with Gasteiger partial charge in [0.1, 0.15) is 5.75 Å². The summed E-state index contributed by atoms with van der Waals surface area (Å²) in [4.78, 5) is 7.87. The highest BCUT2D eigenvalue weighted by molar-refractivity contribution is 6.34. The van der Waals surface area contributed by atoms with E-state index < -0.39 is 0 Å². The number of hydrogen-bond acceptors (Lipinski definition) is 5. The third-order valence-electron chi connectivity index (χ3n) is 2.11.